The Hall–Kier alpha value is -3.31. The van der Waals surface area contributed by atoms with Crippen LogP contribution in [0.5, 0.6) is 0 Å². The highest BCUT2D eigenvalue weighted by Crippen LogP contribution is 2.55. The van der Waals surface area contributed by atoms with Crippen molar-refractivity contribution >= 4 is 46.7 Å². The third-order valence-corrected chi connectivity index (χ3v) is 5.60. The Morgan fingerprint density at radius 1 is 1.23 bits per heavy atom. The molecule has 12 heteroatoms. The molecular formula is C19H15ClN2O9. The minimum atomic E-state index is -1.74. The summed E-state index contributed by atoms with van der Waals surface area (Å²) in [5, 5.41) is 11.5. The van der Waals surface area contributed by atoms with Gasteiger partial charge in [-0.05, 0) is 18.2 Å². The third-order valence-electron chi connectivity index (χ3n) is 5.37. The molecule has 31 heavy (non-hydrogen) atoms. The van der Waals surface area contributed by atoms with Crippen LogP contribution in [0.25, 0.3) is 0 Å². The van der Waals surface area contributed by atoms with Crippen LogP contribution in [0.1, 0.15) is 13.8 Å². The van der Waals surface area contributed by atoms with Crippen LogP contribution in [0.4, 0.5) is 11.4 Å². The van der Waals surface area contributed by atoms with Crippen LogP contribution in [0.2, 0.25) is 5.02 Å². The Bertz CT molecular complexity index is 1050. The van der Waals surface area contributed by atoms with Crippen LogP contribution >= 0.6 is 11.6 Å². The second-order valence-electron chi connectivity index (χ2n) is 7.25. The minimum absolute atomic E-state index is 0.0565. The lowest BCUT2D eigenvalue weighted by Gasteiger charge is -2.34. The molecule has 0 aliphatic carbocycles. The fourth-order valence-electron chi connectivity index (χ4n) is 4.29. The van der Waals surface area contributed by atoms with Crippen LogP contribution in [0.3, 0.4) is 0 Å². The zero-order valence-electron chi connectivity index (χ0n) is 16.1. The largest absolute Gasteiger partial charge is 0.422 e. The number of carbonyl (C=O) groups is 4. The minimum Gasteiger partial charge on any atom is -0.422 e. The Morgan fingerprint density at radius 2 is 1.87 bits per heavy atom. The maximum atomic E-state index is 13.4. The number of anilines is 1. The number of benzene rings is 1. The smallest absolute Gasteiger partial charge is 0.305 e. The molecule has 2 saturated heterocycles. The molecule has 2 amide bonds. The van der Waals surface area contributed by atoms with E-state index in [1.54, 1.807) is 0 Å². The molecular weight excluding hydrogens is 436 g/mol. The monoisotopic (exact) mass is 450 g/mol. The number of hydrogen-bond donors (Lipinski definition) is 0. The van der Waals surface area contributed by atoms with E-state index < -0.39 is 64.2 Å². The highest BCUT2D eigenvalue weighted by Gasteiger charge is 2.72. The highest BCUT2D eigenvalue weighted by molar-refractivity contribution is 6.31. The van der Waals surface area contributed by atoms with Gasteiger partial charge in [-0.15, -0.1) is 0 Å². The molecule has 0 unspecified atom stereocenters. The zero-order chi connectivity index (χ0) is 22.7. The first kappa shape index (κ1) is 20.9. The predicted octanol–water partition coefficient (Wildman–Crippen LogP) is 1.51. The summed E-state index contributed by atoms with van der Waals surface area (Å²) in [4.78, 5) is 61.2. The zero-order valence-corrected chi connectivity index (χ0v) is 16.9. The summed E-state index contributed by atoms with van der Waals surface area (Å²) in [7, 11) is 0. The average Bonchev–Trinajstić information content (AvgIpc) is 3.32. The molecule has 3 heterocycles. The molecule has 1 aromatic carbocycles. The van der Waals surface area contributed by atoms with Crippen molar-refractivity contribution < 1.29 is 38.3 Å². The van der Waals surface area contributed by atoms with Crippen LogP contribution in [-0.4, -0.2) is 46.7 Å². The van der Waals surface area contributed by atoms with Crippen LogP contribution in [-0.2, 0) is 33.4 Å². The van der Waals surface area contributed by atoms with Gasteiger partial charge in [0.05, 0.1) is 22.9 Å². The topological polar surface area (TPSA) is 142 Å². The molecule has 0 saturated carbocycles. The van der Waals surface area contributed by atoms with E-state index >= 15 is 0 Å². The summed E-state index contributed by atoms with van der Waals surface area (Å²) < 4.78 is 16.0. The first-order valence-corrected chi connectivity index (χ1v) is 9.48. The van der Waals surface area contributed by atoms with E-state index in [0.717, 1.165) is 19.9 Å². The van der Waals surface area contributed by atoms with Gasteiger partial charge in [0.25, 0.3) is 12.0 Å². The van der Waals surface area contributed by atoms with Gasteiger partial charge in [0.15, 0.2) is 5.60 Å². The van der Waals surface area contributed by atoms with Crippen LogP contribution in [0, 0.1) is 22.0 Å². The number of halogens is 1. The maximum absolute atomic E-state index is 13.4. The van der Waals surface area contributed by atoms with Gasteiger partial charge in [-0.3, -0.25) is 29.3 Å². The van der Waals surface area contributed by atoms with Crippen LogP contribution < -0.4 is 4.90 Å². The lowest BCUT2D eigenvalue weighted by Crippen LogP contribution is -2.52. The molecule has 1 aromatic rings. The quantitative estimate of drug-likeness (QED) is 0.163. The summed E-state index contributed by atoms with van der Waals surface area (Å²) in [6.45, 7) is 2.17. The van der Waals surface area contributed by atoms with Gasteiger partial charge in [0.2, 0.25) is 11.8 Å². The number of ether oxygens (including phenoxy) is 3. The van der Waals surface area contributed by atoms with Crippen molar-refractivity contribution in [3.8, 4) is 0 Å². The van der Waals surface area contributed by atoms with Crippen molar-refractivity contribution in [2.24, 2.45) is 11.8 Å². The molecule has 0 spiro atoms. The average molecular weight is 451 g/mol. The number of amides is 2. The lowest BCUT2D eigenvalue weighted by molar-refractivity contribution is -0.384. The summed E-state index contributed by atoms with van der Waals surface area (Å²) in [5.41, 5.74) is -2.51. The van der Waals surface area contributed by atoms with Gasteiger partial charge in [-0.25, -0.2) is 4.90 Å². The Balaban J connectivity index is 1.79. The molecule has 0 radical (unpaired) electrons. The van der Waals surface area contributed by atoms with Crippen molar-refractivity contribution in [3.05, 3.63) is 45.5 Å². The SMILES string of the molecule is CC(=O)OC(OC(C)=O)[C@@]12C=C[C@@H](O1)[C@H]1C(=O)N(c3ccc(Cl)cc3[N+](=O)[O-])C(=O)[C@H]12. The van der Waals surface area contributed by atoms with Crippen molar-refractivity contribution in [2.75, 3.05) is 4.90 Å². The highest BCUT2D eigenvalue weighted by atomic mass is 35.5. The van der Waals surface area contributed by atoms with Gasteiger partial charge in [-0.2, -0.15) is 0 Å². The number of imide groups is 1. The van der Waals surface area contributed by atoms with E-state index in [1.807, 2.05) is 0 Å². The van der Waals surface area contributed by atoms with Crippen molar-refractivity contribution in [1.82, 2.24) is 0 Å². The number of nitro benzene ring substituents is 1. The predicted molar refractivity (Wildman–Crippen MR) is 102 cm³/mol. The Labute approximate surface area is 179 Å². The number of esters is 2. The standard InChI is InChI=1S/C19H15ClN2O9/c1-8(23)29-18(30-9(2)24)19-6-5-13(31-19)14-15(19)17(26)21(16(14)25)11-4-3-10(20)7-12(11)22(27)28/h3-7,13-15,18H,1-2H3/t13-,14-,15+,19+/m1/s1. The third kappa shape index (κ3) is 3.08. The molecule has 4 rings (SSSR count). The fraction of sp³-hybridized carbons (Fsp3) is 0.368. The number of nitro groups is 1. The molecule has 0 aromatic heterocycles. The molecule has 2 fully saturated rings. The van der Waals surface area contributed by atoms with E-state index in [4.69, 9.17) is 25.8 Å². The molecule has 2 bridgehead atoms. The van der Waals surface area contributed by atoms with E-state index in [-0.39, 0.29) is 10.7 Å². The van der Waals surface area contributed by atoms with E-state index in [0.29, 0.717) is 4.90 Å². The molecule has 0 N–H and O–H groups in total. The lowest BCUT2D eigenvalue weighted by atomic mass is 9.76. The maximum Gasteiger partial charge on any atom is 0.305 e. The van der Waals surface area contributed by atoms with Crippen molar-refractivity contribution in [3.63, 3.8) is 0 Å². The van der Waals surface area contributed by atoms with Gasteiger partial charge < -0.3 is 14.2 Å². The number of nitrogens with zero attached hydrogens (tertiary/aromatic N) is 2. The molecule has 3 aliphatic heterocycles. The number of carbonyl (C=O) groups excluding carboxylic acids is 4. The summed E-state index contributed by atoms with van der Waals surface area (Å²) in [6.07, 6.45) is 0.425. The second-order valence-corrected chi connectivity index (χ2v) is 7.69. The van der Waals surface area contributed by atoms with Gasteiger partial charge in [-0.1, -0.05) is 17.7 Å². The molecule has 11 nitrogen and oxygen atoms in total. The fourth-order valence-corrected chi connectivity index (χ4v) is 4.45. The number of hydrogen-bond acceptors (Lipinski definition) is 9. The molecule has 3 aliphatic rings. The summed E-state index contributed by atoms with van der Waals surface area (Å²) in [5.74, 6) is -5.40. The normalized spacial score (nSPS) is 28.3. The van der Waals surface area contributed by atoms with Gasteiger partial charge >= 0.3 is 11.9 Å². The van der Waals surface area contributed by atoms with Crippen molar-refractivity contribution in [1.29, 1.82) is 0 Å². The second kappa shape index (κ2) is 7.13. The summed E-state index contributed by atoms with van der Waals surface area (Å²) in [6, 6.07) is 3.55. The van der Waals surface area contributed by atoms with E-state index in [1.165, 1.54) is 24.3 Å². The van der Waals surface area contributed by atoms with Gasteiger partial charge in [0, 0.05) is 24.9 Å². The molecule has 162 valence electrons. The molecule has 4 atom stereocenters. The first-order chi connectivity index (χ1) is 14.6. The Kier molecular flexibility index (Phi) is 4.82. The van der Waals surface area contributed by atoms with Crippen molar-refractivity contribution in [2.45, 2.75) is 31.8 Å². The Morgan fingerprint density at radius 3 is 2.45 bits per heavy atom. The summed E-state index contributed by atoms with van der Waals surface area (Å²) >= 11 is 5.83. The van der Waals surface area contributed by atoms with Gasteiger partial charge in [0.1, 0.15) is 5.69 Å². The number of fused-ring (bicyclic) bond motifs is 5. The van der Waals surface area contributed by atoms with Crippen LogP contribution in [0.15, 0.2) is 30.4 Å². The van der Waals surface area contributed by atoms with E-state index in [9.17, 15) is 29.3 Å². The van der Waals surface area contributed by atoms with E-state index in [2.05, 4.69) is 0 Å². The number of rotatable bonds is 5. The first-order valence-electron chi connectivity index (χ1n) is 9.10.